The van der Waals surface area contributed by atoms with Crippen molar-refractivity contribution >= 4 is 17.9 Å². The molecular weight excluding hydrogens is 569 g/mol. The third-order valence-electron chi connectivity index (χ3n) is 7.41. The lowest BCUT2D eigenvalue weighted by molar-refractivity contribution is -0.141. The molecule has 2 amide bonds. The highest BCUT2D eigenvalue weighted by molar-refractivity contribution is 6.19. The van der Waals surface area contributed by atoms with Crippen LogP contribution >= 0.6 is 0 Å². The molecule has 8 nitrogen and oxygen atoms in total. The maximum Gasteiger partial charge on any atom is 0.271 e. The van der Waals surface area contributed by atoms with Gasteiger partial charge in [0, 0.05) is 40.9 Å². The Hall–Kier alpha value is -6.14. The Labute approximate surface area is 259 Å². The van der Waals surface area contributed by atoms with Crippen LogP contribution in [-0.2, 0) is 22.7 Å². The number of imide groups is 1. The smallest absolute Gasteiger partial charge is 0.271 e. The summed E-state index contributed by atoms with van der Waals surface area (Å²) >= 11 is 0. The third-order valence-corrected chi connectivity index (χ3v) is 7.41. The number of carbonyl (C=O) groups is 2. The van der Waals surface area contributed by atoms with Crippen LogP contribution in [0, 0.1) is 17.1 Å². The molecule has 45 heavy (non-hydrogen) atoms. The Morgan fingerprint density at radius 2 is 1.76 bits per heavy atom. The van der Waals surface area contributed by atoms with E-state index in [4.69, 9.17) is 9.84 Å². The van der Waals surface area contributed by atoms with E-state index in [0.717, 1.165) is 10.6 Å². The summed E-state index contributed by atoms with van der Waals surface area (Å²) in [4.78, 5) is 32.2. The number of nitrogens with zero attached hydrogens (tertiary/aromatic N) is 5. The van der Waals surface area contributed by atoms with Gasteiger partial charge in [-0.15, -0.1) is 0 Å². The second kappa shape index (κ2) is 12.6. The van der Waals surface area contributed by atoms with Crippen LogP contribution in [0.1, 0.15) is 23.6 Å². The summed E-state index contributed by atoms with van der Waals surface area (Å²) in [6.07, 6.45) is 6.63. The number of nitriles is 1. The first-order valence-electron chi connectivity index (χ1n) is 14.1. The first-order valence-corrected chi connectivity index (χ1v) is 14.1. The van der Waals surface area contributed by atoms with Crippen molar-refractivity contribution in [3.63, 3.8) is 0 Å². The number of ether oxygens (including phenoxy) is 1. The number of carbonyl (C=O) groups excluding carboxylic acids is 2. The molecule has 0 bridgehead atoms. The molecule has 1 aliphatic rings. The van der Waals surface area contributed by atoms with Gasteiger partial charge in [-0.05, 0) is 60.5 Å². The van der Waals surface area contributed by atoms with E-state index in [-0.39, 0.29) is 35.7 Å². The highest BCUT2D eigenvalue weighted by Gasteiger charge is 2.35. The summed E-state index contributed by atoms with van der Waals surface area (Å²) in [5.74, 6) is -1.02. The molecule has 6 rings (SSSR count). The fourth-order valence-corrected chi connectivity index (χ4v) is 5.04. The van der Waals surface area contributed by atoms with Crippen molar-refractivity contribution in [2.24, 2.45) is 0 Å². The minimum atomic E-state index is -0.652. The number of pyridine rings is 1. The molecule has 0 saturated heterocycles. The Morgan fingerprint density at radius 3 is 2.51 bits per heavy atom. The molecular formula is C36H26FN5O3. The number of hydrogen-bond acceptors (Lipinski definition) is 6. The Balaban J connectivity index is 1.42. The lowest BCUT2D eigenvalue weighted by Gasteiger charge is -2.27. The molecule has 0 saturated carbocycles. The zero-order chi connectivity index (χ0) is 31.3. The van der Waals surface area contributed by atoms with Crippen LogP contribution in [0.4, 0.5) is 4.39 Å². The van der Waals surface area contributed by atoms with Crippen molar-refractivity contribution in [3.05, 3.63) is 149 Å². The molecule has 0 atom stereocenters. The quantitative estimate of drug-likeness (QED) is 0.151. The molecule has 3 aromatic carbocycles. The highest BCUT2D eigenvalue weighted by atomic mass is 19.1. The predicted molar refractivity (Wildman–Crippen MR) is 166 cm³/mol. The first kappa shape index (κ1) is 29.0. The van der Waals surface area contributed by atoms with E-state index in [2.05, 4.69) is 4.98 Å². The summed E-state index contributed by atoms with van der Waals surface area (Å²) < 4.78 is 21.8. The SMILES string of the molecule is CC1=C(C#N)C(=O)N(Cc2cccnc2)C(=O)/C1=C/c1cn(-c2ccccc2)nc1-c1cccc(OCc2ccccc2F)c1. The van der Waals surface area contributed by atoms with Crippen molar-refractivity contribution in [1.82, 2.24) is 19.7 Å². The fourth-order valence-electron chi connectivity index (χ4n) is 5.04. The second-order valence-corrected chi connectivity index (χ2v) is 10.3. The largest absolute Gasteiger partial charge is 0.489 e. The Morgan fingerprint density at radius 1 is 0.956 bits per heavy atom. The van der Waals surface area contributed by atoms with Crippen LogP contribution in [0.15, 0.2) is 126 Å². The topological polar surface area (TPSA) is 101 Å². The highest BCUT2D eigenvalue weighted by Crippen LogP contribution is 2.33. The standard InChI is InChI=1S/C36H26FN5O3/c1-24-31(35(43)41(36(44)32(24)19-38)21-25-9-8-16-39-20-25)18-28-22-42(29-12-3-2-4-13-29)40-34(28)26-11-7-14-30(17-26)45-23-27-10-5-6-15-33(27)37/h2-18,20,22H,21,23H2,1H3/b31-18+. The molecule has 0 N–H and O–H groups in total. The van der Waals surface area contributed by atoms with E-state index < -0.39 is 11.8 Å². The first-order chi connectivity index (χ1) is 21.9. The minimum Gasteiger partial charge on any atom is -0.489 e. The molecule has 0 spiro atoms. The van der Waals surface area contributed by atoms with E-state index >= 15 is 0 Å². The number of rotatable bonds is 8. The van der Waals surface area contributed by atoms with Crippen LogP contribution < -0.4 is 4.74 Å². The molecule has 0 aliphatic carbocycles. The normalized spacial score (nSPS) is 14.2. The maximum absolute atomic E-state index is 14.2. The Bertz CT molecular complexity index is 2010. The molecule has 3 heterocycles. The van der Waals surface area contributed by atoms with Gasteiger partial charge < -0.3 is 4.74 Å². The summed E-state index contributed by atoms with van der Waals surface area (Å²) in [5, 5.41) is 14.7. The molecule has 1 aliphatic heterocycles. The average molecular weight is 596 g/mol. The van der Waals surface area contributed by atoms with Crippen molar-refractivity contribution < 1.29 is 18.7 Å². The van der Waals surface area contributed by atoms with Crippen LogP contribution in [0.3, 0.4) is 0 Å². The van der Waals surface area contributed by atoms with Crippen LogP contribution in [0.25, 0.3) is 23.0 Å². The molecule has 0 fully saturated rings. The van der Waals surface area contributed by atoms with E-state index in [1.165, 1.54) is 6.07 Å². The van der Waals surface area contributed by atoms with Crippen molar-refractivity contribution in [2.45, 2.75) is 20.1 Å². The van der Waals surface area contributed by atoms with Crippen LogP contribution in [0.5, 0.6) is 5.75 Å². The van der Waals surface area contributed by atoms with Crippen molar-refractivity contribution in [2.75, 3.05) is 0 Å². The van der Waals surface area contributed by atoms with Gasteiger partial charge in [0.2, 0.25) is 0 Å². The Kier molecular flexibility index (Phi) is 8.12. The third kappa shape index (κ3) is 6.03. The van der Waals surface area contributed by atoms with E-state index in [1.54, 1.807) is 78.7 Å². The summed E-state index contributed by atoms with van der Waals surface area (Å²) in [6.45, 7) is 1.61. The molecule has 0 unspecified atom stereocenters. The number of hydrogen-bond donors (Lipinski definition) is 0. The molecule has 0 radical (unpaired) electrons. The number of halogens is 1. The van der Waals surface area contributed by atoms with Crippen molar-refractivity contribution in [3.8, 4) is 28.8 Å². The molecule has 9 heteroatoms. The fraction of sp³-hybridized carbons (Fsp3) is 0.0833. The van der Waals surface area contributed by atoms with Gasteiger partial charge in [-0.25, -0.2) is 9.07 Å². The maximum atomic E-state index is 14.2. The second-order valence-electron chi connectivity index (χ2n) is 10.3. The lowest BCUT2D eigenvalue weighted by atomic mass is 9.93. The molecule has 2 aromatic heterocycles. The van der Waals surface area contributed by atoms with E-state index in [0.29, 0.717) is 33.7 Å². The lowest BCUT2D eigenvalue weighted by Crippen LogP contribution is -2.42. The van der Waals surface area contributed by atoms with Gasteiger partial charge in [0.25, 0.3) is 11.8 Å². The number of amides is 2. The summed E-state index contributed by atoms with van der Waals surface area (Å²) in [7, 11) is 0. The number of benzene rings is 3. The minimum absolute atomic E-state index is 0.0289. The average Bonchev–Trinajstić information content (AvgIpc) is 3.50. The van der Waals surface area contributed by atoms with Gasteiger partial charge in [0.05, 0.1) is 12.2 Å². The van der Waals surface area contributed by atoms with Crippen LogP contribution in [0.2, 0.25) is 0 Å². The van der Waals surface area contributed by atoms with E-state index in [9.17, 15) is 19.2 Å². The monoisotopic (exact) mass is 595 g/mol. The van der Waals surface area contributed by atoms with E-state index in [1.807, 2.05) is 48.5 Å². The summed E-state index contributed by atoms with van der Waals surface area (Å²) in [5.41, 5.74) is 4.08. The zero-order valence-electron chi connectivity index (χ0n) is 24.2. The molecule has 5 aromatic rings. The molecule has 220 valence electrons. The van der Waals surface area contributed by atoms with Gasteiger partial charge in [0.15, 0.2) is 0 Å². The van der Waals surface area contributed by atoms with Gasteiger partial charge in [-0.2, -0.15) is 10.4 Å². The van der Waals surface area contributed by atoms with Crippen molar-refractivity contribution in [1.29, 1.82) is 5.26 Å². The van der Waals surface area contributed by atoms with Crippen LogP contribution in [-0.4, -0.2) is 31.5 Å². The van der Waals surface area contributed by atoms with Gasteiger partial charge in [-0.3, -0.25) is 19.5 Å². The predicted octanol–water partition coefficient (Wildman–Crippen LogP) is 6.44. The number of para-hydroxylation sites is 1. The summed E-state index contributed by atoms with van der Waals surface area (Å²) in [6, 6.07) is 28.6. The number of aromatic nitrogens is 3. The van der Waals surface area contributed by atoms with Gasteiger partial charge in [-0.1, -0.05) is 54.6 Å². The van der Waals surface area contributed by atoms with Gasteiger partial charge >= 0.3 is 0 Å². The van der Waals surface area contributed by atoms with Gasteiger partial charge in [0.1, 0.15) is 35.5 Å². The zero-order valence-corrected chi connectivity index (χ0v) is 24.2.